The van der Waals surface area contributed by atoms with Gasteiger partial charge in [-0.05, 0) is 44.9 Å². The minimum absolute atomic E-state index is 0.154. The highest BCUT2D eigenvalue weighted by Crippen LogP contribution is 2.31. The van der Waals surface area contributed by atoms with Crippen LogP contribution in [0.2, 0.25) is 0 Å². The van der Waals surface area contributed by atoms with Gasteiger partial charge in [-0.25, -0.2) is 9.97 Å². The molecule has 154 valence electrons. The Morgan fingerprint density at radius 2 is 1.97 bits per heavy atom. The van der Waals surface area contributed by atoms with Gasteiger partial charge in [0, 0.05) is 10.9 Å². The molecule has 3 aromatic heterocycles. The molecule has 10 heteroatoms. The number of amides is 1. The molecule has 0 aliphatic heterocycles. The largest absolute Gasteiger partial charge is 0.410 e. The van der Waals surface area contributed by atoms with Crippen LogP contribution in [-0.4, -0.2) is 31.8 Å². The minimum Gasteiger partial charge on any atom is -0.410 e. The molecule has 0 spiro atoms. The number of benzene rings is 1. The first-order valence-corrected chi connectivity index (χ1v) is 11.8. The Morgan fingerprint density at radius 3 is 2.70 bits per heavy atom. The summed E-state index contributed by atoms with van der Waals surface area (Å²) in [5, 5.41) is 14.7. The van der Waals surface area contributed by atoms with E-state index in [1.165, 1.54) is 45.6 Å². The third-order valence-electron chi connectivity index (χ3n) is 4.38. The Balaban J connectivity index is 1.35. The summed E-state index contributed by atoms with van der Waals surface area (Å²) in [6, 6.07) is 6.22. The number of carbonyl (C=O) groups excluding carboxylic acids is 1. The number of hydrogen-bond donors (Lipinski definition) is 1. The van der Waals surface area contributed by atoms with Crippen molar-refractivity contribution in [3.63, 3.8) is 0 Å². The average molecular weight is 458 g/mol. The summed E-state index contributed by atoms with van der Waals surface area (Å²) >= 11 is 4.10. The van der Waals surface area contributed by atoms with Crippen molar-refractivity contribution in [3.8, 4) is 22.0 Å². The van der Waals surface area contributed by atoms with Crippen LogP contribution >= 0.6 is 34.4 Å². The van der Waals surface area contributed by atoms with Gasteiger partial charge in [0.15, 0.2) is 5.13 Å². The fourth-order valence-electron chi connectivity index (χ4n) is 2.74. The van der Waals surface area contributed by atoms with Crippen molar-refractivity contribution < 1.29 is 9.21 Å². The lowest BCUT2D eigenvalue weighted by Crippen LogP contribution is -2.13. The molecule has 4 rings (SSSR count). The SMILES string of the molecule is Cc1nc(C)c(-c2nnc(SCC(=O)Nc3nc(-c4ccc(C)c(C)c4)cs3)o2)s1. The number of carbonyl (C=O) groups is 1. The van der Waals surface area contributed by atoms with Crippen molar-refractivity contribution in [1.82, 2.24) is 20.2 Å². The zero-order valence-electron chi connectivity index (χ0n) is 16.8. The molecule has 0 bridgehead atoms. The maximum Gasteiger partial charge on any atom is 0.277 e. The van der Waals surface area contributed by atoms with E-state index in [0.717, 1.165) is 26.8 Å². The maximum atomic E-state index is 12.3. The Labute approximate surface area is 186 Å². The highest BCUT2D eigenvalue weighted by atomic mass is 32.2. The van der Waals surface area contributed by atoms with Gasteiger partial charge < -0.3 is 9.73 Å². The molecule has 0 saturated heterocycles. The monoisotopic (exact) mass is 457 g/mol. The third-order valence-corrected chi connectivity index (χ3v) is 7.02. The smallest absolute Gasteiger partial charge is 0.277 e. The van der Waals surface area contributed by atoms with E-state index in [9.17, 15) is 4.79 Å². The van der Waals surface area contributed by atoms with Crippen LogP contribution in [0.1, 0.15) is 21.8 Å². The van der Waals surface area contributed by atoms with Gasteiger partial charge in [-0.15, -0.1) is 32.9 Å². The fourth-order valence-corrected chi connectivity index (χ4v) is 4.88. The highest BCUT2D eigenvalue weighted by molar-refractivity contribution is 7.99. The number of aryl methyl sites for hydroxylation is 4. The molecule has 7 nitrogen and oxygen atoms in total. The Hall–Kier alpha value is -2.56. The molecule has 0 unspecified atom stereocenters. The molecular formula is C20H19N5O2S3. The van der Waals surface area contributed by atoms with E-state index in [2.05, 4.69) is 51.5 Å². The van der Waals surface area contributed by atoms with Gasteiger partial charge >= 0.3 is 0 Å². The molecule has 0 fully saturated rings. The van der Waals surface area contributed by atoms with Gasteiger partial charge in [0.2, 0.25) is 5.91 Å². The first kappa shape index (κ1) is 20.7. The van der Waals surface area contributed by atoms with Gasteiger partial charge in [0.1, 0.15) is 4.88 Å². The number of anilines is 1. The number of nitrogens with one attached hydrogen (secondary N) is 1. The molecule has 0 aliphatic carbocycles. The summed E-state index contributed by atoms with van der Waals surface area (Å²) in [6.07, 6.45) is 0. The maximum absolute atomic E-state index is 12.3. The summed E-state index contributed by atoms with van der Waals surface area (Å²) < 4.78 is 5.67. The predicted molar refractivity (Wildman–Crippen MR) is 121 cm³/mol. The summed E-state index contributed by atoms with van der Waals surface area (Å²) in [5.74, 6) is 0.408. The minimum atomic E-state index is -0.175. The van der Waals surface area contributed by atoms with Crippen molar-refractivity contribution in [2.45, 2.75) is 32.9 Å². The second kappa shape index (κ2) is 8.66. The molecule has 1 amide bonds. The lowest BCUT2D eigenvalue weighted by atomic mass is 10.1. The van der Waals surface area contributed by atoms with E-state index in [4.69, 9.17) is 4.42 Å². The van der Waals surface area contributed by atoms with Gasteiger partial charge in [-0.1, -0.05) is 23.9 Å². The Morgan fingerprint density at radius 1 is 1.13 bits per heavy atom. The van der Waals surface area contributed by atoms with Crippen molar-refractivity contribution >= 4 is 45.5 Å². The van der Waals surface area contributed by atoms with E-state index in [0.29, 0.717) is 16.2 Å². The van der Waals surface area contributed by atoms with Crippen molar-refractivity contribution in [2.75, 3.05) is 11.1 Å². The lowest BCUT2D eigenvalue weighted by molar-refractivity contribution is -0.113. The fraction of sp³-hybridized carbons (Fsp3) is 0.250. The molecule has 3 heterocycles. The Kier molecular flexibility index (Phi) is 5.98. The summed E-state index contributed by atoms with van der Waals surface area (Å²) in [7, 11) is 0. The lowest BCUT2D eigenvalue weighted by Gasteiger charge is -2.02. The number of thioether (sulfide) groups is 1. The Bertz CT molecular complexity index is 1210. The molecule has 30 heavy (non-hydrogen) atoms. The van der Waals surface area contributed by atoms with Gasteiger partial charge in [0.05, 0.1) is 22.1 Å². The van der Waals surface area contributed by atoms with E-state index in [1.54, 1.807) is 0 Å². The first-order valence-electron chi connectivity index (χ1n) is 9.13. The number of rotatable bonds is 6. The summed E-state index contributed by atoms with van der Waals surface area (Å²) in [6.45, 7) is 7.99. The highest BCUT2D eigenvalue weighted by Gasteiger charge is 2.16. The van der Waals surface area contributed by atoms with E-state index in [-0.39, 0.29) is 11.7 Å². The van der Waals surface area contributed by atoms with Gasteiger partial charge in [0.25, 0.3) is 11.1 Å². The van der Waals surface area contributed by atoms with Crippen LogP contribution < -0.4 is 5.32 Å². The predicted octanol–water partition coefficient (Wildman–Crippen LogP) is 5.28. The van der Waals surface area contributed by atoms with Crippen LogP contribution in [-0.2, 0) is 4.79 Å². The van der Waals surface area contributed by atoms with Crippen LogP contribution in [0.5, 0.6) is 0 Å². The molecule has 0 aliphatic rings. The van der Waals surface area contributed by atoms with E-state index >= 15 is 0 Å². The summed E-state index contributed by atoms with van der Waals surface area (Å²) in [4.78, 5) is 22.0. The quantitative estimate of drug-likeness (QED) is 0.394. The first-order chi connectivity index (χ1) is 14.4. The normalized spacial score (nSPS) is 11.1. The van der Waals surface area contributed by atoms with Gasteiger partial charge in [-0.3, -0.25) is 4.79 Å². The van der Waals surface area contributed by atoms with Crippen LogP contribution in [0.4, 0.5) is 5.13 Å². The molecule has 4 aromatic rings. The molecule has 0 atom stereocenters. The topological polar surface area (TPSA) is 93.8 Å². The van der Waals surface area contributed by atoms with Crippen LogP contribution in [0.3, 0.4) is 0 Å². The van der Waals surface area contributed by atoms with Crippen LogP contribution in [0.25, 0.3) is 22.0 Å². The molecule has 1 aromatic carbocycles. The molecule has 1 N–H and O–H groups in total. The van der Waals surface area contributed by atoms with Crippen molar-refractivity contribution in [1.29, 1.82) is 0 Å². The number of nitrogens with zero attached hydrogens (tertiary/aromatic N) is 4. The average Bonchev–Trinajstić information content (AvgIpc) is 3.42. The number of hydrogen-bond acceptors (Lipinski definition) is 9. The number of thiazole rings is 2. The van der Waals surface area contributed by atoms with E-state index in [1.807, 2.05) is 25.3 Å². The van der Waals surface area contributed by atoms with E-state index < -0.39 is 0 Å². The van der Waals surface area contributed by atoms with Crippen molar-refractivity contribution in [2.24, 2.45) is 0 Å². The molecule has 0 radical (unpaired) electrons. The van der Waals surface area contributed by atoms with Crippen molar-refractivity contribution in [3.05, 3.63) is 45.4 Å². The molecule has 0 saturated carbocycles. The van der Waals surface area contributed by atoms with Crippen LogP contribution in [0.15, 0.2) is 33.2 Å². The standard InChI is InChI=1S/C20H19N5O2S3/c1-10-5-6-14(7-11(10)2)15-8-28-19(22-15)23-16(26)9-29-20-25-24-18(27-20)17-12(3)21-13(4)30-17/h5-8H,9H2,1-4H3,(H,22,23,26). The second-order valence-electron chi connectivity index (χ2n) is 6.69. The van der Waals surface area contributed by atoms with Crippen LogP contribution in [0, 0.1) is 27.7 Å². The zero-order valence-corrected chi connectivity index (χ0v) is 19.3. The molecular weight excluding hydrogens is 438 g/mol. The third kappa shape index (κ3) is 4.61. The van der Waals surface area contributed by atoms with Gasteiger partial charge in [-0.2, -0.15) is 0 Å². The number of aromatic nitrogens is 4. The zero-order chi connectivity index (χ0) is 21.3. The summed E-state index contributed by atoms with van der Waals surface area (Å²) in [5.41, 5.74) is 5.20. The second-order valence-corrected chi connectivity index (χ2v) is 9.68.